The zero-order valence-electron chi connectivity index (χ0n) is 11.9. The molecule has 102 valence electrons. The molecular weight excluding hydrogens is 234 g/mol. The van der Waals surface area contributed by atoms with E-state index in [0.29, 0.717) is 5.78 Å². The Labute approximate surface area is 116 Å². The van der Waals surface area contributed by atoms with Crippen LogP contribution in [0.5, 0.6) is 0 Å². The van der Waals surface area contributed by atoms with E-state index in [9.17, 15) is 4.79 Å². The first-order valence-corrected chi connectivity index (χ1v) is 7.16. The van der Waals surface area contributed by atoms with E-state index >= 15 is 0 Å². The molecule has 0 radical (unpaired) electrons. The summed E-state index contributed by atoms with van der Waals surface area (Å²) in [6.07, 6.45) is 9.56. The Bertz CT molecular complexity index is 439. The van der Waals surface area contributed by atoms with Crippen molar-refractivity contribution in [3.8, 4) is 0 Å². The van der Waals surface area contributed by atoms with Crippen molar-refractivity contribution < 1.29 is 4.79 Å². The Kier molecular flexibility index (Phi) is 4.78. The van der Waals surface area contributed by atoms with Crippen molar-refractivity contribution in [2.24, 2.45) is 5.92 Å². The standard InChI is InChI=1S/C17H23NO/c1-18(2)16-11-8-14(9-12-16)10-13-17(19)15-6-4-3-5-7-15/h8-13,15H,3-7H2,1-2H3. The average molecular weight is 257 g/mol. The molecule has 2 nitrogen and oxygen atoms in total. The van der Waals surface area contributed by atoms with Gasteiger partial charge in [0, 0.05) is 25.7 Å². The van der Waals surface area contributed by atoms with Gasteiger partial charge in [0.05, 0.1) is 0 Å². The number of anilines is 1. The molecule has 2 rings (SSSR count). The molecule has 0 heterocycles. The molecule has 0 spiro atoms. The van der Waals surface area contributed by atoms with E-state index in [2.05, 4.69) is 29.2 Å². The first kappa shape index (κ1) is 13.9. The van der Waals surface area contributed by atoms with Crippen LogP contribution in [0.3, 0.4) is 0 Å². The molecule has 0 N–H and O–H groups in total. The minimum atomic E-state index is 0.269. The average Bonchev–Trinajstić information content (AvgIpc) is 2.46. The lowest BCUT2D eigenvalue weighted by Gasteiger charge is -2.18. The van der Waals surface area contributed by atoms with Gasteiger partial charge in [-0.15, -0.1) is 0 Å². The van der Waals surface area contributed by atoms with Gasteiger partial charge in [-0.2, -0.15) is 0 Å². The Morgan fingerprint density at radius 2 is 1.74 bits per heavy atom. The van der Waals surface area contributed by atoms with E-state index in [1.165, 1.54) is 24.9 Å². The van der Waals surface area contributed by atoms with E-state index in [4.69, 9.17) is 0 Å². The molecule has 0 amide bonds. The number of carbonyl (C=O) groups excluding carboxylic acids is 1. The molecule has 1 fully saturated rings. The first-order valence-electron chi connectivity index (χ1n) is 7.16. The summed E-state index contributed by atoms with van der Waals surface area (Å²) >= 11 is 0. The molecule has 0 bridgehead atoms. The van der Waals surface area contributed by atoms with Gasteiger partial charge in [0.25, 0.3) is 0 Å². The van der Waals surface area contributed by atoms with Crippen LogP contribution >= 0.6 is 0 Å². The van der Waals surface area contributed by atoms with Crippen LogP contribution in [0, 0.1) is 5.92 Å². The van der Waals surface area contributed by atoms with Crippen LogP contribution in [0.25, 0.3) is 6.08 Å². The Morgan fingerprint density at radius 3 is 2.32 bits per heavy atom. The van der Waals surface area contributed by atoms with E-state index in [0.717, 1.165) is 18.4 Å². The van der Waals surface area contributed by atoms with Gasteiger partial charge >= 0.3 is 0 Å². The topological polar surface area (TPSA) is 20.3 Å². The molecule has 19 heavy (non-hydrogen) atoms. The SMILES string of the molecule is CN(C)c1ccc(C=CC(=O)C2CCCCC2)cc1. The molecule has 1 aromatic carbocycles. The number of allylic oxidation sites excluding steroid dienone is 1. The monoisotopic (exact) mass is 257 g/mol. The summed E-state index contributed by atoms with van der Waals surface area (Å²) in [7, 11) is 4.05. The fraction of sp³-hybridized carbons (Fsp3) is 0.471. The van der Waals surface area contributed by atoms with E-state index < -0.39 is 0 Å². The largest absolute Gasteiger partial charge is 0.378 e. The lowest BCUT2D eigenvalue weighted by molar-refractivity contribution is -0.119. The van der Waals surface area contributed by atoms with Crippen molar-refractivity contribution >= 4 is 17.5 Å². The predicted molar refractivity (Wildman–Crippen MR) is 81.4 cm³/mol. The molecule has 1 aromatic rings. The summed E-state index contributed by atoms with van der Waals surface area (Å²) < 4.78 is 0. The second-order valence-electron chi connectivity index (χ2n) is 5.56. The van der Waals surface area contributed by atoms with Crippen LogP contribution in [0.4, 0.5) is 5.69 Å². The number of nitrogens with zero attached hydrogens (tertiary/aromatic N) is 1. The number of hydrogen-bond donors (Lipinski definition) is 0. The minimum Gasteiger partial charge on any atom is -0.378 e. The molecular formula is C17H23NO. The molecule has 1 saturated carbocycles. The smallest absolute Gasteiger partial charge is 0.158 e. The molecule has 0 aromatic heterocycles. The van der Waals surface area contributed by atoms with Crippen LogP contribution in [0.2, 0.25) is 0 Å². The molecule has 0 atom stereocenters. The quantitative estimate of drug-likeness (QED) is 0.762. The first-order chi connectivity index (χ1) is 9.16. The van der Waals surface area contributed by atoms with Crippen LogP contribution in [0.1, 0.15) is 37.7 Å². The zero-order chi connectivity index (χ0) is 13.7. The Hall–Kier alpha value is -1.57. The molecule has 1 aliphatic carbocycles. The lowest BCUT2D eigenvalue weighted by atomic mass is 9.86. The summed E-state index contributed by atoms with van der Waals surface area (Å²) in [6, 6.07) is 8.26. The van der Waals surface area contributed by atoms with Crippen molar-refractivity contribution in [2.75, 3.05) is 19.0 Å². The molecule has 0 unspecified atom stereocenters. The fourth-order valence-corrected chi connectivity index (χ4v) is 2.59. The van der Waals surface area contributed by atoms with Crippen molar-refractivity contribution in [1.82, 2.24) is 0 Å². The van der Waals surface area contributed by atoms with Gasteiger partial charge in [-0.1, -0.05) is 37.5 Å². The maximum atomic E-state index is 12.1. The summed E-state index contributed by atoms with van der Waals surface area (Å²) in [5, 5.41) is 0. The minimum absolute atomic E-state index is 0.269. The second kappa shape index (κ2) is 6.55. The summed E-state index contributed by atoms with van der Waals surface area (Å²) in [5.74, 6) is 0.572. The number of ketones is 1. The maximum absolute atomic E-state index is 12.1. The second-order valence-corrected chi connectivity index (χ2v) is 5.56. The molecule has 1 aliphatic rings. The van der Waals surface area contributed by atoms with Crippen molar-refractivity contribution in [3.63, 3.8) is 0 Å². The van der Waals surface area contributed by atoms with Gasteiger partial charge < -0.3 is 4.90 Å². The zero-order valence-corrected chi connectivity index (χ0v) is 11.9. The third-order valence-electron chi connectivity index (χ3n) is 3.86. The lowest BCUT2D eigenvalue weighted by Crippen LogP contribution is -2.15. The van der Waals surface area contributed by atoms with Crippen LogP contribution in [-0.4, -0.2) is 19.9 Å². The Balaban J connectivity index is 1.95. The summed E-state index contributed by atoms with van der Waals surface area (Å²) in [4.78, 5) is 14.1. The highest BCUT2D eigenvalue weighted by Crippen LogP contribution is 2.25. The van der Waals surface area contributed by atoms with Gasteiger partial charge in [-0.05, 0) is 36.6 Å². The van der Waals surface area contributed by atoms with Crippen molar-refractivity contribution in [1.29, 1.82) is 0 Å². The number of carbonyl (C=O) groups is 1. The third-order valence-corrected chi connectivity index (χ3v) is 3.86. The van der Waals surface area contributed by atoms with E-state index in [-0.39, 0.29) is 5.92 Å². The van der Waals surface area contributed by atoms with Gasteiger partial charge in [0.15, 0.2) is 5.78 Å². The normalized spacial score (nSPS) is 16.7. The van der Waals surface area contributed by atoms with Crippen LogP contribution in [0.15, 0.2) is 30.3 Å². The summed E-state index contributed by atoms with van der Waals surface area (Å²) in [6.45, 7) is 0. The molecule has 0 saturated heterocycles. The van der Waals surface area contributed by atoms with Gasteiger partial charge in [-0.3, -0.25) is 4.79 Å². The number of rotatable bonds is 4. The van der Waals surface area contributed by atoms with Gasteiger partial charge in [0.1, 0.15) is 0 Å². The fourth-order valence-electron chi connectivity index (χ4n) is 2.59. The van der Waals surface area contributed by atoms with E-state index in [1.807, 2.05) is 20.2 Å². The summed E-state index contributed by atoms with van der Waals surface area (Å²) in [5.41, 5.74) is 2.27. The maximum Gasteiger partial charge on any atom is 0.158 e. The van der Waals surface area contributed by atoms with Crippen molar-refractivity contribution in [3.05, 3.63) is 35.9 Å². The van der Waals surface area contributed by atoms with Gasteiger partial charge in [0.2, 0.25) is 0 Å². The number of benzene rings is 1. The van der Waals surface area contributed by atoms with Crippen LogP contribution < -0.4 is 4.90 Å². The number of hydrogen-bond acceptors (Lipinski definition) is 2. The molecule has 0 aliphatic heterocycles. The third kappa shape index (κ3) is 3.95. The molecule has 2 heteroatoms. The van der Waals surface area contributed by atoms with Crippen molar-refractivity contribution in [2.45, 2.75) is 32.1 Å². The highest BCUT2D eigenvalue weighted by Gasteiger charge is 2.18. The van der Waals surface area contributed by atoms with Gasteiger partial charge in [-0.25, -0.2) is 0 Å². The predicted octanol–water partition coefficient (Wildman–Crippen LogP) is 3.92. The van der Waals surface area contributed by atoms with E-state index in [1.54, 1.807) is 6.08 Å². The Morgan fingerprint density at radius 1 is 1.11 bits per heavy atom. The highest BCUT2D eigenvalue weighted by molar-refractivity contribution is 5.95. The highest BCUT2D eigenvalue weighted by atomic mass is 16.1. The van der Waals surface area contributed by atoms with Crippen LogP contribution in [-0.2, 0) is 4.79 Å².